The van der Waals surface area contributed by atoms with Crippen LogP contribution in [0.25, 0.3) is 15.9 Å². The molecule has 142 valence electrons. The van der Waals surface area contributed by atoms with Gasteiger partial charge < -0.3 is 4.74 Å². The van der Waals surface area contributed by atoms with E-state index < -0.39 is 0 Å². The van der Waals surface area contributed by atoms with Crippen molar-refractivity contribution in [2.24, 2.45) is 0 Å². The number of rotatable bonds is 4. The van der Waals surface area contributed by atoms with E-state index in [4.69, 9.17) is 9.72 Å². The number of para-hydroxylation sites is 1. The molecule has 27 heavy (non-hydrogen) atoms. The molecule has 1 aromatic carbocycles. The van der Waals surface area contributed by atoms with Crippen molar-refractivity contribution < 1.29 is 4.74 Å². The number of thioether (sulfide) groups is 1. The SMILES string of the molecule is CCC1(C)Cc2c(sc3nc(SC(C)C)n(-c4ccccc4)c(=O)c23)CO1. The molecule has 1 unspecified atom stereocenters. The van der Waals surface area contributed by atoms with Crippen LogP contribution in [0.15, 0.2) is 40.3 Å². The van der Waals surface area contributed by atoms with Crippen LogP contribution in [0.4, 0.5) is 0 Å². The zero-order valence-corrected chi connectivity index (χ0v) is 17.7. The Morgan fingerprint density at radius 2 is 2.07 bits per heavy atom. The number of benzene rings is 1. The van der Waals surface area contributed by atoms with E-state index in [0.717, 1.165) is 44.3 Å². The molecule has 0 N–H and O–H groups in total. The van der Waals surface area contributed by atoms with E-state index in [1.165, 1.54) is 0 Å². The number of hydrogen-bond donors (Lipinski definition) is 0. The largest absolute Gasteiger partial charge is 0.369 e. The fraction of sp³-hybridized carbons (Fsp3) is 0.429. The molecule has 0 amide bonds. The van der Waals surface area contributed by atoms with Gasteiger partial charge in [-0.05, 0) is 31.0 Å². The van der Waals surface area contributed by atoms with Gasteiger partial charge in [0.25, 0.3) is 5.56 Å². The van der Waals surface area contributed by atoms with Gasteiger partial charge in [-0.25, -0.2) is 4.98 Å². The van der Waals surface area contributed by atoms with Crippen LogP contribution in [0.5, 0.6) is 0 Å². The second kappa shape index (κ2) is 7.08. The standard InChI is InChI=1S/C21H24N2O2S2/c1-5-21(4)11-15-16(12-25-21)27-18-17(15)19(24)23(14-9-7-6-8-10-14)20(22-18)26-13(2)3/h6-10,13H,5,11-12H2,1-4H3. The highest BCUT2D eigenvalue weighted by Gasteiger charge is 2.33. The summed E-state index contributed by atoms with van der Waals surface area (Å²) in [6, 6.07) is 9.82. The Morgan fingerprint density at radius 1 is 1.33 bits per heavy atom. The van der Waals surface area contributed by atoms with E-state index in [9.17, 15) is 4.79 Å². The smallest absolute Gasteiger partial charge is 0.267 e. The summed E-state index contributed by atoms with van der Waals surface area (Å²) in [5, 5.41) is 1.87. The number of aromatic nitrogens is 2. The predicted octanol–water partition coefficient (Wildman–Crippen LogP) is 5.19. The maximum absolute atomic E-state index is 13.6. The Morgan fingerprint density at radius 3 is 2.74 bits per heavy atom. The molecule has 0 radical (unpaired) electrons. The van der Waals surface area contributed by atoms with Gasteiger partial charge in [-0.15, -0.1) is 11.3 Å². The van der Waals surface area contributed by atoms with Gasteiger partial charge in [0.1, 0.15) is 4.83 Å². The Kier molecular flexibility index (Phi) is 4.91. The average molecular weight is 401 g/mol. The molecule has 6 heteroatoms. The first kappa shape index (κ1) is 18.7. The Balaban J connectivity index is 1.99. The molecule has 0 saturated heterocycles. The highest BCUT2D eigenvalue weighted by atomic mass is 32.2. The average Bonchev–Trinajstić information content (AvgIpc) is 2.99. The summed E-state index contributed by atoms with van der Waals surface area (Å²) in [6.07, 6.45) is 1.69. The summed E-state index contributed by atoms with van der Waals surface area (Å²) in [4.78, 5) is 20.5. The molecule has 0 spiro atoms. The summed E-state index contributed by atoms with van der Waals surface area (Å²) in [7, 11) is 0. The molecule has 1 aliphatic heterocycles. The molecule has 0 fully saturated rings. The zero-order chi connectivity index (χ0) is 19.2. The summed E-state index contributed by atoms with van der Waals surface area (Å²) >= 11 is 3.23. The Bertz CT molecular complexity index is 1040. The Labute approximate surface area is 167 Å². The molecule has 0 bridgehead atoms. The van der Waals surface area contributed by atoms with Crippen molar-refractivity contribution in [2.45, 2.75) is 63.2 Å². The molecule has 0 saturated carbocycles. The molecular weight excluding hydrogens is 376 g/mol. The van der Waals surface area contributed by atoms with Crippen molar-refractivity contribution in [1.29, 1.82) is 0 Å². The summed E-state index contributed by atoms with van der Waals surface area (Å²) in [5.41, 5.74) is 1.82. The molecule has 3 aromatic rings. The maximum atomic E-state index is 13.6. The topological polar surface area (TPSA) is 44.1 Å². The first-order chi connectivity index (χ1) is 12.9. The number of fused-ring (bicyclic) bond motifs is 3. The quantitative estimate of drug-likeness (QED) is 0.447. The van der Waals surface area contributed by atoms with Crippen molar-refractivity contribution in [3.63, 3.8) is 0 Å². The van der Waals surface area contributed by atoms with Crippen molar-refractivity contribution in [1.82, 2.24) is 9.55 Å². The van der Waals surface area contributed by atoms with Crippen molar-refractivity contribution in [3.05, 3.63) is 51.1 Å². The van der Waals surface area contributed by atoms with E-state index in [0.29, 0.717) is 11.9 Å². The fourth-order valence-electron chi connectivity index (χ4n) is 3.42. The molecule has 1 aliphatic rings. The van der Waals surface area contributed by atoms with Gasteiger partial charge in [0.15, 0.2) is 5.16 Å². The molecule has 3 heterocycles. The maximum Gasteiger partial charge on any atom is 0.267 e. The van der Waals surface area contributed by atoms with E-state index in [1.54, 1.807) is 27.7 Å². The van der Waals surface area contributed by atoms with Crippen molar-refractivity contribution in [2.75, 3.05) is 0 Å². The highest BCUT2D eigenvalue weighted by Crippen LogP contribution is 2.39. The molecule has 4 rings (SSSR count). The van der Waals surface area contributed by atoms with Crippen LogP contribution in [0.3, 0.4) is 0 Å². The lowest BCUT2D eigenvalue weighted by Gasteiger charge is -2.32. The third kappa shape index (κ3) is 3.35. The molecule has 1 atom stereocenters. The lowest BCUT2D eigenvalue weighted by atomic mass is 9.90. The first-order valence-electron chi connectivity index (χ1n) is 9.35. The fourth-order valence-corrected chi connectivity index (χ4v) is 5.43. The third-order valence-corrected chi connectivity index (χ3v) is 7.14. The lowest BCUT2D eigenvalue weighted by Crippen LogP contribution is -2.34. The molecular formula is C21H24N2O2S2. The van der Waals surface area contributed by atoms with Gasteiger partial charge in [0.2, 0.25) is 0 Å². The number of thiophene rings is 1. The molecule has 0 aliphatic carbocycles. The van der Waals surface area contributed by atoms with Gasteiger partial charge in [0.05, 0.1) is 23.3 Å². The lowest BCUT2D eigenvalue weighted by molar-refractivity contribution is -0.0543. The van der Waals surface area contributed by atoms with E-state index >= 15 is 0 Å². The molecule has 2 aromatic heterocycles. The minimum atomic E-state index is -0.212. The van der Waals surface area contributed by atoms with Gasteiger partial charge in [-0.3, -0.25) is 9.36 Å². The number of nitrogens with zero attached hydrogens (tertiary/aromatic N) is 2. The first-order valence-corrected chi connectivity index (χ1v) is 11.0. The predicted molar refractivity (Wildman–Crippen MR) is 113 cm³/mol. The van der Waals surface area contributed by atoms with E-state index in [-0.39, 0.29) is 11.2 Å². The van der Waals surface area contributed by atoms with Gasteiger partial charge in [0, 0.05) is 16.5 Å². The second-order valence-electron chi connectivity index (χ2n) is 7.49. The normalized spacial score (nSPS) is 19.6. The van der Waals surface area contributed by atoms with E-state index in [2.05, 4.69) is 27.7 Å². The second-order valence-corrected chi connectivity index (χ2v) is 10.1. The van der Waals surface area contributed by atoms with Crippen LogP contribution >= 0.6 is 23.1 Å². The minimum Gasteiger partial charge on any atom is -0.369 e. The van der Waals surface area contributed by atoms with Gasteiger partial charge in [-0.1, -0.05) is 50.7 Å². The monoisotopic (exact) mass is 400 g/mol. The van der Waals surface area contributed by atoms with Crippen molar-refractivity contribution in [3.8, 4) is 5.69 Å². The van der Waals surface area contributed by atoms with E-state index in [1.807, 2.05) is 30.3 Å². The van der Waals surface area contributed by atoms with Gasteiger partial charge in [-0.2, -0.15) is 0 Å². The van der Waals surface area contributed by atoms with Crippen LogP contribution in [-0.4, -0.2) is 20.4 Å². The van der Waals surface area contributed by atoms with Crippen LogP contribution < -0.4 is 5.56 Å². The van der Waals surface area contributed by atoms with Crippen LogP contribution in [0.1, 0.15) is 44.6 Å². The summed E-state index contributed by atoms with van der Waals surface area (Å²) < 4.78 is 7.87. The van der Waals surface area contributed by atoms with Crippen LogP contribution in [0, 0.1) is 0 Å². The number of ether oxygens (including phenoxy) is 1. The minimum absolute atomic E-state index is 0.0344. The molecule has 4 nitrogen and oxygen atoms in total. The van der Waals surface area contributed by atoms with Crippen LogP contribution in [0.2, 0.25) is 0 Å². The van der Waals surface area contributed by atoms with Gasteiger partial charge >= 0.3 is 0 Å². The Hall–Kier alpha value is -1.63. The summed E-state index contributed by atoms with van der Waals surface area (Å²) in [6.45, 7) is 9.08. The highest BCUT2D eigenvalue weighted by molar-refractivity contribution is 7.99. The van der Waals surface area contributed by atoms with Crippen LogP contribution in [-0.2, 0) is 17.8 Å². The number of hydrogen-bond acceptors (Lipinski definition) is 5. The van der Waals surface area contributed by atoms with Crippen molar-refractivity contribution >= 4 is 33.3 Å². The summed E-state index contributed by atoms with van der Waals surface area (Å²) in [5.74, 6) is 0. The third-order valence-electron chi connectivity index (χ3n) is 5.08. The zero-order valence-electron chi connectivity index (χ0n) is 16.1.